The minimum atomic E-state index is -0.0409. The van der Waals surface area contributed by atoms with E-state index in [0.29, 0.717) is 12.5 Å². The number of fused-ring (bicyclic) bond motifs is 2. The highest BCUT2D eigenvalue weighted by Gasteiger charge is 2.25. The van der Waals surface area contributed by atoms with Crippen LogP contribution in [0.2, 0.25) is 0 Å². The van der Waals surface area contributed by atoms with Crippen molar-refractivity contribution in [2.75, 3.05) is 25.2 Å². The number of imidazole rings is 2. The molecule has 0 aliphatic carbocycles. The molecule has 1 saturated heterocycles. The zero-order chi connectivity index (χ0) is 21.5. The van der Waals surface area contributed by atoms with Crippen molar-refractivity contribution in [3.63, 3.8) is 0 Å². The van der Waals surface area contributed by atoms with Gasteiger partial charge in [0.15, 0.2) is 5.65 Å². The van der Waals surface area contributed by atoms with Crippen LogP contribution >= 0.6 is 0 Å². The molecular formula is C23H25N7O2. The third kappa shape index (κ3) is 3.29. The predicted molar refractivity (Wildman–Crippen MR) is 119 cm³/mol. The Morgan fingerprint density at radius 3 is 2.84 bits per heavy atom. The van der Waals surface area contributed by atoms with E-state index in [-0.39, 0.29) is 6.23 Å². The number of hydrogen-bond donors (Lipinski definition) is 1. The lowest BCUT2D eigenvalue weighted by atomic mass is 10.1. The summed E-state index contributed by atoms with van der Waals surface area (Å²) in [6, 6.07) is 7.93. The van der Waals surface area contributed by atoms with Gasteiger partial charge in [0, 0.05) is 25.1 Å². The number of aromatic nitrogens is 6. The van der Waals surface area contributed by atoms with E-state index in [9.17, 15) is 0 Å². The van der Waals surface area contributed by atoms with Crippen LogP contribution in [0, 0.1) is 0 Å². The molecule has 164 valence electrons. The molecule has 0 saturated carbocycles. The Kier molecular flexibility index (Phi) is 4.75. The first-order valence-electron chi connectivity index (χ1n) is 11.1. The van der Waals surface area contributed by atoms with Crippen molar-refractivity contribution < 1.29 is 9.47 Å². The normalized spacial score (nSPS) is 18.7. The van der Waals surface area contributed by atoms with Crippen LogP contribution in [0.1, 0.15) is 36.9 Å². The summed E-state index contributed by atoms with van der Waals surface area (Å²) < 4.78 is 13.4. The molecule has 1 N–H and O–H groups in total. The van der Waals surface area contributed by atoms with Crippen molar-refractivity contribution in [1.82, 2.24) is 29.5 Å². The second kappa shape index (κ2) is 7.90. The number of anilines is 1. The molecule has 0 bridgehead atoms. The quantitative estimate of drug-likeness (QED) is 0.529. The molecule has 1 aromatic carbocycles. The van der Waals surface area contributed by atoms with Crippen molar-refractivity contribution in [3.8, 4) is 17.0 Å². The van der Waals surface area contributed by atoms with Gasteiger partial charge < -0.3 is 19.4 Å². The topological polar surface area (TPSA) is 94.0 Å². The number of nitrogens with one attached hydrogen (secondary N) is 1. The average molecular weight is 432 g/mol. The summed E-state index contributed by atoms with van der Waals surface area (Å²) in [5.74, 6) is 1.50. The highest BCUT2D eigenvalue weighted by molar-refractivity contribution is 5.88. The fraction of sp³-hybridized carbons (Fsp3) is 0.391. The Morgan fingerprint density at radius 1 is 1.12 bits per heavy atom. The minimum absolute atomic E-state index is 0.0409. The summed E-state index contributed by atoms with van der Waals surface area (Å²) in [7, 11) is 1.67. The molecule has 5 heterocycles. The Hall–Kier alpha value is -3.46. The molecule has 3 aromatic heterocycles. The summed E-state index contributed by atoms with van der Waals surface area (Å²) in [6.45, 7) is 2.29. The highest BCUT2D eigenvalue weighted by atomic mass is 16.5. The molecule has 0 amide bonds. The maximum absolute atomic E-state index is 6.05. The van der Waals surface area contributed by atoms with Gasteiger partial charge in [0.2, 0.25) is 5.95 Å². The lowest BCUT2D eigenvalue weighted by Crippen LogP contribution is -2.32. The summed E-state index contributed by atoms with van der Waals surface area (Å²) >= 11 is 0. The van der Waals surface area contributed by atoms with Gasteiger partial charge in [-0.05, 0) is 43.5 Å². The standard InChI is InChI=1S/C23H25N7O2/c1-31-16-7-5-15(6-8-16)20-21-22(30(14-26-21)19-4-2-3-11-32-19)28-23(27-20)29-10-9-17-18(12-29)25-13-24-17/h5-8,13-14,19H,2-4,9-12H2,1H3,(H,24,25). The molecule has 0 radical (unpaired) electrons. The number of ether oxygens (including phenoxy) is 2. The first kappa shape index (κ1) is 19.2. The third-order valence-electron chi connectivity index (χ3n) is 6.30. The maximum atomic E-state index is 6.05. The zero-order valence-electron chi connectivity index (χ0n) is 18.0. The first-order chi connectivity index (χ1) is 15.8. The Labute approximate surface area is 185 Å². The Bertz CT molecular complexity index is 1240. The second-order valence-electron chi connectivity index (χ2n) is 8.25. The van der Waals surface area contributed by atoms with Gasteiger partial charge in [0.1, 0.15) is 23.2 Å². The molecule has 1 atom stereocenters. The summed E-state index contributed by atoms with van der Waals surface area (Å²) in [5, 5.41) is 0. The molecule has 1 fully saturated rings. The number of benzene rings is 1. The minimum Gasteiger partial charge on any atom is -0.497 e. The summed E-state index contributed by atoms with van der Waals surface area (Å²) in [6.07, 6.45) is 7.63. The molecule has 4 aromatic rings. The van der Waals surface area contributed by atoms with Crippen molar-refractivity contribution in [2.45, 2.75) is 38.5 Å². The van der Waals surface area contributed by atoms with Crippen molar-refractivity contribution in [3.05, 3.63) is 48.3 Å². The Morgan fingerprint density at radius 2 is 2.03 bits per heavy atom. The van der Waals surface area contributed by atoms with Crippen LogP contribution < -0.4 is 9.64 Å². The van der Waals surface area contributed by atoms with Gasteiger partial charge in [0.25, 0.3) is 0 Å². The van der Waals surface area contributed by atoms with E-state index >= 15 is 0 Å². The second-order valence-corrected chi connectivity index (χ2v) is 8.25. The molecule has 9 nitrogen and oxygen atoms in total. The Balaban J connectivity index is 1.48. The maximum Gasteiger partial charge on any atom is 0.228 e. The van der Waals surface area contributed by atoms with Crippen molar-refractivity contribution in [1.29, 1.82) is 0 Å². The van der Waals surface area contributed by atoms with Crippen molar-refractivity contribution >= 4 is 17.1 Å². The van der Waals surface area contributed by atoms with Gasteiger partial charge in [-0.25, -0.2) is 15.0 Å². The number of nitrogens with zero attached hydrogens (tertiary/aromatic N) is 6. The van der Waals surface area contributed by atoms with E-state index in [1.165, 1.54) is 0 Å². The fourth-order valence-electron chi connectivity index (χ4n) is 4.53. The van der Waals surface area contributed by atoms with Gasteiger partial charge >= 0.3 is 0 Å². The number of rotatable bonds is 4. The molecular weight excluding hydrogens is 406 g/mol. The third-order valence-corrected chi connectivity index (χ3v) is 6.30. The number of methoxy groups -OCH3 is 1. The van der Waals surface area contributed by atoms with Crippen LogP contribution in [-0.4, -0.2) is 49.7 Å². The van der Waals surface area contributed by atoms with Gasteiger partial charge in [0.05, 0.1) is 37.7 Å². The van der Waals surface area contributed by atoms with Crippen molar-refractivity contribution in [2.24, 2.45) is 0 Å². The van der Waals surface area contributed by atoms with Gasteiger partial charge in [-0.1, -0.05) is 0 Å². The SMILES string of the molecule is COc1ccc(-c2nc(N3CCc4nc[nH]c4C3)nc3c2ncn3C2CCCCO2)cc1. The highest BCUT2D eigenvalue weighted by Crippen LogP contribution is 2.33. The monoisotopic (exact) mass is 431 g/mol. The number of aromatic amines is 1. The lowest BCUT2D eigenvalue weighted by molar-refractivity contribution is -0.0298. The summed E-state index contributed by atoms with van der Waals surface area (Å²) in [5.41, 5.74) is 5.63. The molecule has 2 aliphatic heterocycles. The van der Waals surface area contributed by atoms with Crippen LogP contribution in [-0.2, 0) is 17.7 Å². The predicted octanol–water partition coefficient (Wildman–Crippen LogP) is 3.49. The van der Waals surface area contributed by atoms with Crippen LogP contribution in [0.4, 0.5) is 5.95 Å². The van der Waals surface area contributed by atoms with Gasteiger partial charge in [-0.2, -0.15) is 4.98 Å². The fourth-order valence-corrected chi connectivity index (χ4v) is 4.53. The molecule has 2 aliphatic rings. The van der Waals surface area contributed by atoms with Gasteiger partial charge in [-0.3, -0.25) is 4.57 Å². The molecule has 1 unspecified atom stereocenters. The molecule has 0 spiro atoms. The number of hydrogen-bond acceptors (Lipinski definition) is 7. The van der Waals surface area contributed by atoms with Crippen LogP contribution in [0.25, 0.3) is 22.4 Å². The number of H-pyrrole nitrogens is 1. The molecule has 32 heavy (non-hydrogen) atoms. The van der Waals surface area contributed by atoms with E-state index in [2.05, 4.69) is 19.4 Å². The summed E-state index contributed by atoms with van der Waals surface area (Å²) in [4.78, 5) is 24.6. The first-order valence-corrected chi connectivity index (χ1v) is 11.1. The largest absolute Gasteiger partial charge is 0.497 e. The van der Waals surface area contributed by atoms with E-state index in [4.69, 9.17) is 24.4 Å². The average Bonchev–Trinajstić information content (AvgIpc) is 3.50. The smallest absolute Gasteiger partial charge is 0.228 e. The molecule has 6 rings (SSSR count). The van der Waals surface area contributed by atoms with E-state index < -0.39 is 0 Å². The van der Waals surface area contributed by atoms with Crippen LogP contribution in [0.5, 0.6) is 5.75 Å². The molecule has 9 heteroatoms. The van der Waals surface area contributed by atoms with E-state index in [0.717, 1.165) is 78.4 Å². The van der Waals surface area contributed by atoms with Crippen LogP contribution in [0.3, 0.4) is 0 Å². The van der Waals surface area contributed by atoms with Gasteiger partial charge in [-0.15, -0.1) is 0 Å². The zero-order valence-corrected chi connectivity index (χ0v) is 18.0. The lowest BCUT2D eigenvalue weighted by Gasteiger charge is -2.27. The van der Waals surface area contributed by atoms with Crippen LogP contribution in [0.15, 0.2) is 36.9 Å². The van der Waals surface area contributed by atoms with E-state index in [1.807, 2.05) is 30.6 Å². The van der Waals surface area contributed by atoms with E-state index in [1.54, 1.807) is 13.4 Å².